The molecule has 1 aliphatic rings. The third kappa shape index (κ3) is 4.40. The number of piperazine rings is 1. The number of nitrogens with zero attached hydrogens (tertiary/aromatic N) is 1. The Morgan fingerprint density at radius 2 is 2.19 bits per heavy atom. The van der Waals surface area contributed by atoms with Crippen LogP contribution in [0.15, 0.2) is 0 Å². The summed E-state index contributed by atoms with van der Waals surface area (Å²) in [4.78, 5) is 2.47. The second-order valence-corrected chi connectivity index (χ2v) is 5.42. The average Bonchev–Trinajstić information content (AvgIpc) is 2.25. The van der Waals surface area contributed by atoms with E-state index in [0.29, 0.717) is 12.1 Å². The van der Waals surface area contributed by atoms with Gasteiger partial charge in [0.15, 0.2) is 0 Å². The first-order chi connectivity index (χ1) is 7.67. The maximum Gasteiger partial charge on any atom is 0.0599 e. The maximum atomic E-state index is 9.35. The lowest BCUT2D eigenvalue weighted by Crippen LogP contribution is -2.58. The molecular weight excluding hydrogens is 200 g/mol. The molecule has 1 saturated heterocycles. The quantitative estimate of drug-likeness (QED) is 0.722. The van der Waals surface area contributed by atoms with Crippen molar-refractivity contribution in [2.45, 2.75) is 52.1 Å². The van der Waals surface area contributed by atoms with Gasteiger partial charge in [-0.15, -0.1) is 0 Å². The van der Waals surface area contributed by atoms with Gasteiger partial charge in [-0.3, -0.25) is 4.90 Å². The molecule has 0 aromatic heterocycles. The molecule has 1 rings (SSSR count). The van der Waals surface area contributed by atoms with E-state index < -0.39 is 0 Å². The molecular formula is C13H28N2O. The maximum absolute atomic E-state index is 9.35. The first-order valence-electron chi connectivity index (χ1n) is 6.75. The predicted molar refractivity (Wildman–Crippen MR) is 68.6 cm³/mol. The molecule has 1 aliphatic heterocycles. The topological polar surface area (TPSA) is 35.5 Å². The van der Waals surface area contributed by atoms with E-state index in [4.69, 9.17) is 0 Å². The van der Waals surface area contributed by atoms with E-state index in [0.717, 1.165) is 25.6 Å². The molecule has 96 valence electrons. The molecule has 0 aromatic carbocycles. The number of hydrogen-bond donors (Lipinski definition) is 2. The fraction of sp³-hybridized carbons (Fsp3) is 1.00. The highest BCUT2D eigenvalue weighted by Crippen LogP contribution is 2.13. The van der Waals surface area contributed by atoms with Gasteiger partial charge in [-0.1, -0.05) is 27.2 Å². The van der Waals surface area contributed by atoms with Crippen molar-refractivity contribution in [2.75, 3.05) is 26.2 Å². The molecule has 2 atom stereocenters. The molecule has 0 bridgehead atoms. The number of rotatable bonds is 6. The number of nitrogens with one attached hydrogen (secondary N) is 1. The predicted octanol–water partition coefficient (Wildman–Crippen LogP) is 1.47. The first kappa shape index (κ1) is 13.9. The highest BCUT2D eigenvalue weighted by molar-refractivity contribution is 4.86. The Bertz CT molecular complexity index is 185. The standard InChI is InChI=1S/C13H28N2O/c1-4-5-6-15-9-12(7-11(2)3)14-8-13(15)10-16/h11-14,16H,4-10H2,1-3H3. The third-order valence-corrected chi connectivity index (χ3v) is 3.38. The third-order valence-electron chi connectivity index (χ3n) is 3.38. The van der Waals surface area contributed by atoms with Gasteiger partial charge in [-0.2, -0.15) is 0 Å². The summed E-state index contributed by atoms with van der Waals surface area (Å²) in [6.45, 7) is 10.2. The summed E-state index contributed by atoms with van der Waals surface area (Å²) in [6, 6.07) is 0.939. The van der Waals surface area contributed by atoms with Crippen LogP contribution < -0.4 is 5.32 Å². The summed E-state index contributed by atoms with van der Waals surface area (Å²) in [5.41, 5.74) is 0. The summed E-state index contributed by atoms with van der Waals surface area (Å²) >= 11 is 0. The smallest absolute Gasteiger partial charge is 0.0599 e. The first-order valence-corrected chi connectivity index (χ1v) is 6.75. The summed E-state index contributed by atoms with van der Waals surface area (Å²) in [7, 11) is 0. The number of unbranched alkanes of at least 4 members (excludes halogenated alkanes) is 1. The van der Waals surface area contributed by atoms with Gasteiger partial charge in [0.25, 0.3) is 0 Å². The van der Waals surface area contributed by atoms with E-state index in [1.54, 1.807) is 0 Å². The molecule has 0 spiro atoms. The van der Waals surface area contributed by atoms with E-state index in [1.807, 2.05) is 0 Å². The molecule has 3 heteroatoms. The van der Waals surface area contributed by atoms with Crippen LogP contribution in [0, 0.1) is 5.92 Å². The lowest BCUT2D eigenvalue weighted by Gasteiger charge is -2.40. The minimum absolute atomic E-state index is 0.283. The van der Waals surface area contributed by atoms with Gasteiger partial charge in [0.1, 0.15) is 0 Å². The molecule has 0 amide bonds. The molecule has 0 radical (unpaired) electrons. The van der Waals surface area contributed by atoms with Crippen molar-refractivity contribution < 1.29 is 5.11 Å². The Morgan fingerprint density at radius 3 is 2.75 bits per heavy atom. The molecule has 0 aromatic rings. The van der Waals surface area contributed by atoms with Gasteiger partial charge in [0.05, 0.1) is 6.61 Å². The van der Waals surface area contributed by atoms with Crippen molar-refractivity contribution in [1.29, 1.82) is 0 Å². The van der Waals surface area contributed by atoms with Crippen LogP contribution in [0.4, 0.5) is 0 Å². The van der Waals surface area contributed by atoms with Crippen molar-refractivity contribution in [3.63, 3.8) is 0 Å². The number of aliphatic hydroxyl groups is 1. The second kappa shape index (κ2) is 7.25. The van der Waals surface area contributed by atoms with Crippen molar-refractivity contribution in [1.82, 2.24) is 10.2 Å². The Hall–Kier alpha value is -0.120. The summed E-state index contributed by atoms with van der Waals surface area (Å²) in [5, 5.41) is 12.9. The van der Waals surface area contributed by atoms with Crippen LogP contribution in [0.25, 0.3) is 0 Å². The number of hydrogen-bond acceptors (Lipinski definition) is 3. The van der Waals surface area contributed by atoms with Crippen molar-refractivity contribution >= 4 is 0 Å². The average molecular weight is 228 g/mol. The van der Waals surface area contributed by atoms with E-state index in [-0.39, 0.29) is 6.61 Å². The van der Waals surface area contributed by atoms with Crippen molar-refractivity contribution in [2.24, 2.45) is 5.92 Å². The van der Waals surface area contributed by atoms with Crippen LogP contribution in [0.1, 0.15) is 40.0 Å². The lowest BCUT2D eigenvalue weighted by molar-refractivity contribution is 0.0749. The van der Waals surface area contributed by atoms with Gasteiger partial charge < -0.3 is 10.4 Å². The Morgan fingerprint density at radius 1 is 1.44 bits per heavy atom. The Kier molecular flexibility index (Phi) is 6.32. The van der Waals surface area contributed by atoms with Gasteiger partial charge in [-0.25, -0.2) is 0 Å². The molecule has 0 aliphatic carbocycles. The van der Waals surface area contributed by atoms with Crippen LogP contribution in [-0.4, -0.2) is 48.3 Å². The van der Waals surface area contributed by atoms with Gasteiger partial charge in [0, 0.05) is 25.2 Å². The second-order valence-electron chi connectivity index (χ2n) is 5.42. The van der Waals surface area contributed by atoms with E-state index in [1.165, 1.54) is 19.3 Å². The van der Waals surface area contributed by atoms with Crippen LogP contribution in [-0.2, 0) is 0 Å². The summed E-state index contributed by atoms with van der Waals surface area (Å²) in [5.74, 6) is 0.746. The molecule has 1 fully saturated rings. The molecule has 3 nitrogen and oxygen atoms in total. The molecule has 1 heterocycles. The van der Waals surface area contributed by atoms with Crippen molar-refractivity contribution in [3.8, 4) is 0 Å². The minimum Gasteiger partial charge on any atom is -0.395 e. The monoisotopic (exact) mass is 228 g/mol. The van der Waals surface area contributed by atoms with Gasteiger partial charge in [0.2, 0.25) is 0 Å². The summed E-state index contributed by atoms with van der Waals surface area (Å²) < 4.78 is 0. The Labute approximate surface area is 100 Å². The van der Waals surface area contributed by atoms with Crippen LogP contribution in [0.2, 0.25) is 0 Å². The molecule has 2 N–H and O–H groups in total. The van der Waals surface area contributed by atoms with Crippen LogP contribution in [0.3, 0.4) is 0 Å². The fourth-order valence-electron chi connectivity index (χ4n) is 2.47. The van der Waals surface area contributed by atoms with E-state index in [9.17, 15) is 5.11 Å². The Balaban J connectivity index is 2.41. The zero-order valence-corrected chi connectivity index (χ0v) is 11.1. The van der Waals surface area contributed by atoms with E-state index in [2.05, 4.69) is 31.0 Å². The molecule has 16 heavy (non-hydrogen) atoms. The number of aliphatic hydroxyl groups excluding tert-OH is 1. The van der Waals surface area contributed by atoms with E-state index >= 15 is 0 Å². The zero-order chi connectivity index (χ0) is 12.0. The van der Waals surface area contributed by atoms with Crippen LogP contribution >= 0.6 is 0 Å². The lowest BCUT2D eigenvalue weighted by atomic mass is 9.99. The SMILES string of the molecule is CCCCN1CC(CC(C)C)NCC1CO. The van der Waals surface area contributed by atoms with Gasteiger partial charge >= 0.3 is 0 Å². The van der Waals surface area contributed by atoms with Crippen LogP contribution in [0.5, 0.6) is 0 Å². The van der Waals surface area contributed by atoms with Gasteiger partial charge in [-0.05, 0) is 25.3 Å². The normalized spacial score (nSPS) is 27.6. The fourth-order valence-corrected chi connectivity index (χ4v) is 2.47. The largest absolute Gasteiger partial charge is 0.395 e. The highest BCUT2D eigenvalue weighted by atomic mass is 16.3. The molecule has 0 saturated carbocycles. The highest BCUT2D eigenvalue weighted by Gasteiger charge is 2.26. The summed E-state index contributed by atoms with van der Waals surface area (Å²) in [6.07, 6.45) is 3.71. The minimum atomic E-state index is 0.283. The van der Waals surface area contributed by atoms with Crippen molar-refractivity contribution in [3.05, 3.63) is 0 Å². The zero-order valence-electron chi connectivity index (χ0n) is 11.1. The molecule has 2 unspecified atom stereocenters.